The fourth-order valence-electron chi connectivity index (χ4n) is 3.74. The first kappa shape index (κ1) is 23.6. The highest BCUT2D eigenvalue weighted by atomic mass is 32.2. The minimum Gasteiger partial charge on any atom is -0.462 e. The minimum absolute atomic E-state index is 0.0316. The number of hydrogen-bond acceptors (Lipinski definition) is 8. The van der Waals surface area contributed by atoms with Crippen LogP contribution in [0.3, 0.4) is 0 Å². The molecule has 1 saturated heterocycles. The molecule has 0 radical (unpaired) electrons. The second-order valence-corrected chi connectivity index (χ2v) is 10.5. The number of aromatic nitrogens is 3. The zero-order valence-electron chi connectivity index (χ0n) is 17.7. The van der Waals surface area contributed by atoms with Crippen molar-refractivity contribution in [3.05, 3.63) is 35.7 Å². The smallest absolute Gasteiger partial charge is 0.425 e. The largest absolute Gasteiger partial charge is 0.462 e. The zero-order chi connectivity index (χ0) is 23.8. The zero-order valence-corrected chi connectivity index (χ0v) is 19.4. The number of nitrogens with zero attached hydrogens (tertiary/aromatic N) is 3. The molecule has 13 heteroatoms. The number of aryl methyl sites for hydroxylation is 2. The van der Waals surface area contributed by atoms with Gasteiger partial charge in [-0.25, -0.2) is 18.4 Å². The van der Waals surface area contributed by atoms with Crippen LogP contribution in [0, 0.1) is 19.8 Å². The van der Waals surface area contributed by atoms with Gasteiger partial charge in [0.1, 0.15) is 5.69 Å². The average molecular weight is 503 g/mol. The maximum absolute atomic E-state index is 14.0. The Kier molecular flexibility index (Phi) is 6.45. The van der Waals surface area contributed by atoms with Gasteiger partial charge >= 0.3 is 6.18 Å². The number of nitrogens with one attached hydrogen (secondary N) is 1. The van der Waals surface area contributed by atoms with Gasteiger partial charge in [-0.15, -0.1) is 0 Å². The molecule has 1 fully saturated rings. The number of benzene rings is 1. The van der Waals surface area contributed by atoms with Crippen molar-refractivity contribution in [3.8, 4) is 5.88 Å². The number of ether oxygens (including phenoxy) is 1. The van der Waals surface area contributed by atoms with E-state index in [1.165, 1.54) is 13.8 Å². The third-order valence-corrected chi connectivity index (χ3v) is 7.89. The molecule has 1 atom stereocenters. The van der Waals surface area contributed by atoms with E-state index in [1.807, 2.05) is 0 Å². The van der Waals surface area contributed by atoms with Crippen molar-refractivity contribution in [2.45, 2.75) is 43.9 Å². The molecule has 178 valence electrons. The summed E-state index contributed by atoms with van der Waals surface area (Å²) >= 11 is 1.59. The van der Waals surface area contributed by atoms with Crippen molar-refractivity contribution in [3.63, 3.8) is 0 Å². The highest BCUT2D eigenvalue weighted by molar-refractivity contribution is 7.99. The van der Waals surface area contributed by atoms with E-state index in [0.717, 1.165) is 0 Å². The van der Waals surface area contributed by atoms with E-state index in [9.17, 15) is 21.6 Å². The first-order valence-corrected chi connectivity index (χ1v) is 12.7. The molecule has 4 rings (SSSR count). The summed E-state index contributed by atoms with van der Waals surface area (Å²) in [5.41, 5.74) is 0.663. The van der Waals surface area contributed by atoms with E-state index in [-0.39, 0.29) is 21.9 Å². The highest BCUT2D eigenvalue weighted by Crippen LogP contribution is 2.38. The molecule has 0 saturated carbocycles. The summed E-state index contributed by atoms with van der Waals surface area (Å²) in [5.74, 6) is -0.529. The summed E-state index contributed by atoms with van der Waals surface area (Å²) in [6.07, 6.45) is -6.15. The van der Waals surface area contributed by atoms with Crippen LogP contribution in [0.25, 0.3) is 11.0 Å². The Balaban J connectivity index is 1.77. The predicted molar refractivity (Wildman–Crippen MR) is 117 cm³/mol. The van der Waals surface area contributed by atoms with E-state index in [0.29, 0.717) is 29.9 Å². The fraction of sp³-hybridized carbons (Fsp3) is 0.450. The summed E-state index contributed by atoms with van der Waals surface area (Å²) in [6, 6.07) is 6.43. The number of anilines is 1. The summed E-state index contributed by atoms with van der Waals surface area (Å²) in [4.78, 5) is 8.17. The van der Waals surface area contributed by atoms with E-state index in [1.54, 1.807) is 36.0 Å². The molecule has 1 aliphatic rings. The molecule has 1 aliphatic heterocycles. The topological polar surface area (TPSA) is 107 Å². The van der Waals surface area contributed by atoms with Crippen LogP contribution in [0.15, 0.2) is 33.7 Å². The summed E-state index contributed by atoms with van der Waals surface area (Å²) < 4.78 is 80.5. The van der Waals surface area contributed by atoms with Crippen LogP contribution >= 0.6 is 11.8 Å². The van der Waals surface area contributed by atoms with Gasteiger partial charge in [-0.05, 0) is 50.3 Å². The SMILES string of the molecule is Cc1noc(C)c1S(=O)(=O)Nc1nc2ccccc2nc1OC(C1CCSCC1)C(F)(F)F. The standard InChI is InChI=1S/C20H21F3N4O4S2/c1-11-16(12(2)31-26-11)33(28,29)27-18-19(25-15-6-4-3-5-14(15)24-18)30-17(20(21,22)23)13-7-9-32-10-8-13/h3-6,13,17H,7-10H2,1-2H3,(H,24,27). The van der Waals surface area contributed by atoms with Crippen LogP contribution in [0.2, 0.25) is 0 Å². The van der Waals surface area contributed by atoms with Gasteiger partial charge in [0.05, 0.1) is 11.0 Å². The Labute approximate surface area is 192 Å². The fourth-order valence-corrected chi connectivity index (χ4v) is 6.21. The lowest BCUT2D eigenvalue weighted by Gasteiger charge is -2.31. The van der Waals surface area contributed by atoms with Gasteiger partial charge in [0.2, 0.25) is 5.82 Å². The lowest BCUT2D eigenvalue weighted by atomic mass is 9.95. The Hall–Kier alpha value is -2.54. The number of fused-ring (bicyclic) bond motifs is 1. The molecule has 3 aromatic rings. The number of thioether (sulfide) groups is 1. The summed E-state index contributed by atoms with van der Waals surface area (Å²) in [6.45, 7) is 2.86. The highest BCUT2D eigenvalue weighted by Gasteiger charge is 2.48. The molecule has 1 aromatic carbocycles. The van der Waals surface area contributed by atoms with E-state index < -0.39 is 39.9 Å². The molecule has 1 N–H and O–H groups in total. The van der Waals surface area contributed by atoms with Crippen LogP contribution in [-0.2, 0) is 10.0 Å². The van der Waals surface area contributed by atoms with Crippen molar-refractivity contribution in [2.75, 3.05) is 16.2 Å². The molecule has 3 heterocycles. The Morgan fingerprint density at radius 1 is 1.15 bits per heavy atom. The van der Waals surface area contributed by atoms with Crippen LogP contribution in [0.4, 0.5) is 19.0 Å². The second-order valence-electron chi connectivity index (χ2n) is 7.65. The molecular formula is C20H21F3N4O4S2. The Morgan fingerprint density at radius 2 is 1.79 bits per heavy atom. The normalized spacial score (nSPS) is 16.6. The minimum atomic E-state index is -4.67. The van der Waals surface area contributed by atoms with Crippen molar-refractivity contribution >= 4 is 38.6 Å². The van der Waals surface area contributed by atoms with Crippen molar-refractivity contribution in [1.29, 1.82) is 0 Å². The van der Waals surface area contributed by atoms with Gasteiger partial charge in [0, 0.05) is 5.92 Å². The molecule has 1 unspecified atom stereocenters. The van der Waals surface area contributed by atoms with Crippen LogP contribution < -0.4 is 9.46 Å². The molecule has 0 bridgehead atoms. The van der Waals surface area contributed by atoms with Gasteiger partial charge in [-0.3, -0.25) is 4.72 Å². The average Bonchev–Trinajstić information content (AvgIpc) is 3.10. The molecule has 2 aromatic heterocycles. The quantitative estimate of drug-likeness (QED) is 0.526. The number of para-hydroxylation sites is 2. The first-order chi connectivity index (χ1) is 15.6. The van der Waals surface area contributed by atoms with Gasteiger partial charge in [-0.1, -0.05) is 17.3 Å². The molecule has 8 nitrogen and oxygen atoms in total. The predicted octanol–water partition coefficient (Wildman–Crippen LogP) is 4.49. The van der Waals surface area contributed by atoms with E-state index >= 15 is 0 Å². The second kappa shape index (κ2) is 9.01. The third-order valence-electron chi connectivity index (χ3n) is 5.26. The van der Waals surface area contributed by atoms with Gasteiger partial charge in [-0.2, -0.15) is 24.9 Å². The molecular weight excluding hydrogens is 481 g/mol. The maximum atomic E-state index is 14.0. The monoisotopic (exact) mass is 502 g/mol. The van der Waals surface area contributed by atoms with E-state index in [4.69, 9.17) is 9.26 Å². The Morgan fingerprint density at radius 3 is 2.36 bits per heavy atom. The van der Waals surface area contributed by atoms with E-state index in [2.05, 4.69) is 19.8 Å². The Bertz CT molecular complexity index is 1240. The number of hydrogen-bond donors (Lipinski definition) is 1. The number of alkyl halides is 3. The summed E-state index contributed by atoms with van der Waals surface area (Å²) in [5, 5.41) is 3.63. The molecule has 0 spiro atoms. The van der Waals surface area contributed by atoms with Crippen molar-refractivity contribution in [1.82, 2.24) is 15.1 Å². The third kappa shape index (κ3) is 5.03. The molecule has 33 heavy (non-hydrogen) atoms. The maximum Gasteiger partial charge on any atom is 0.425 e. The van der Waals surface area contributed by atoms with Crippen LogP contribution in [0.5, 0.6) is 5.88 Å². The number of rotatable bonds is 6. The lowest BCUT2D eigenvalue weighted by molar-refractivity contribution is -0.211. The van der Waals surface area contributed by atoms with Crippen molar-refractivity contribution < 1.29 is 30.8 Å². The molecule has 0 amide bonds. The van der Waals surface area contributed by atoms with Gasteiger partial charge in [0.15, 0.2) is 16.8 Å². The number of sulfonamides is 1. The van der Waals surface area contributed by atoms with Gasteiger partial charge < -0.3 is 9.26 Å². The first-order valence-electron chi connectivity index (χ1n) is 10.1. The van der Waals surface area contributed by atoms with Gasteiger partial charge in [0.25, 0.3) is 15.9 Å². The van der Waals surface area contributed by atoms with Crippen LogP contribution in [0.1, 0.15) is 24.3 Å². The molecule has 0 aliphatic carbocycles. The number of halogens is 3. The van der Waals surface area contributed by atoms with Crippen LogP contribution in [-0.4, -0.2) is 47.3 Å². The summed E-state index contributed by atoms with van der Waals surface area (Å²) in [7, 11) is -4.29. The lowest BCUT2D eigenvalue weighted by Crippen LogP contribution is -2.42. The van der Waals surface area contributed by atoms with Crippen molar-refractivity contribution in [2.24, 2.45) is 5.92 Å².